The monoisotopic (exact) mass is 487 g/mol. The number of hydrogen-bond donors (Lipinski definition) is 2. The maximum atomic E-state index is 8.12. The number of anilines is 4. The first kappa shape index (κ1) is 26.4. The molecule has 0 spiro atoms. The van der Waals surface area contributed by atoms with Gasteiger partial charge in [-0.2, -0.15) is 9.59 Å². The molecule has 2 aromatic heterocycles. The van der Waals surface area contributed by atoms with Gasteiger partial charge in [0.15, 0.2) is 0 Å². The summed E-state index contributed by atoms with van der Waals surface area (Å²) in [6.45, 7) is 6.07. The Morgan fingerprint density at radius 2 is 1.78 bits per heavy atom. The molecule has 4 rings (SSSR count). The van der Waals surface area contributed by atoms with Gasteiger partial charge in [-0.05, 0) is 63.3 Å². The summed E-state index contributed by atoms with van der Waals surface area (Å²) in [6, 6.07) is 12.4. The largest absolute Gasteiger partial charge is 0.397 e. The summed E-state index contributed by atoms with van der Waals surface area (Å²) in [7, 11) is 8.28. The average molecular weight is 488 g/mol. The van der Waals surface area contributed by atoms with Gasteiger partial charge in [0.1, 0.15) is 0 Å². The molecule has 0 saturated carbocycles. The van der Waals surface area contributed by atoms with Crippen LogP contribution in [0.5, 0.6) is 0 Å². The standard InChI is InChI=1S/C26H33N7.CO2/c1-17-8-7-9-23-25(17)19(16-33(23)6)21-10-11-28-26(29-21)30-22-15-20(27)24(14-18(22)2)32(5)13-12-31(3)4;2-1-3/h7-11,14-16H,12-13,27H2,1-6H3,(H,28,29,30);. The molecule has 0 fully saturated rings. The summed E-state index contributed by atoms with van der Waals surface area (Å²) in [6.07, 6.45) is 4.18. The molecular weight excluding hydrogens is 454 g/mol. The van der Waals surface area contributed by atoms with Gasteiger partial charge >= 0.3 is 6.15 Å². The molecule has 4 aromatic rings. The minimum absolute atomic E-state index is 0.250. The highest BCUT2D eigenvalue weighted by atomic mass is 16.2. The third-order valence-electron chi connectivity index (χ3n) is 6.07. The van der Waals surface area contributed by atoms with Crippen molar-refractivity contribution in [2.75, 3.05) is 50.2 Å². The smallest absolute Gasteiger partial charge is 0.373 e. The van der Waals surface area contributed by atoms with Gasteiger partial charge in [0.2, 0.25) is 5.95 Å². The maximum Gasteiger partial charge on any atom is 0.373 e. The van der Waals surface area contributed by atoms with Crippen molar-refractivity contribution in [3.63, 3.8) is 0 Å². The van der Waals surface area contributed by atoms with Crippen LogP contribution in [0, 0.1) is 13.8 Å². The molecule has 0 radical (unpaired) electrons. The molecule has 2 heterocycles. The minimum Gasteiger partial charge on any atom is -0.397 e. The number of fused-ring (bicyclic) bond motifs is 1. The number of carbonyl (C=O) groups excluding carboxylic acids is 2. The van der Waals surface area contributed by atoms with Crippen molar-refractivity contribution in [1.82, 2.24) is 19.4 Å². The number of aryl methyl sites for hydroxylation is 3. The lowest BCUT2D eigenvalue weighted by atomic mass is 10.1. The van der Waals surface area contributed by atoms with Crippen LogP contribution in [0.25, 0.3) is 22.2 Å². The van der Waals surface area contributed by atoms with Crippen LogP contribution in [0.1, 0.15) is 11.1 Å². The van der Waals surface area contributed by atoms with Crippen molar-refractivity contribution in [2.45, 2.75) is 13.8 Å². The summed E-state index contributed by atoms with van der Waals surface area (Å²) in [5.41, 5.74) is 14.6. The fourth-order valence-corrected chi connectivity index (χ4v) is 4.15. The number of aromatic nitrogens is 3. The van der Waals surface area contributed by atoms with E-state index in [1.165, 1.54) is 16.5 Å². The molecule has 188 valence electrons. The predicted molar refractivity (Wildman–Crippen MR) is 144 cm³/mol. The van der Waals surface area contributed by atoms with E-state index >= 15 is 0 Å². The van der Waals surface area contributed by atoms with Crippen LogP contribution in [-0.4, -0.2) is 59.8 Å². The van der Waals surface area contributed by atoms with E-state index in [-0.39, 0.29) is 6.15 Å². The van der Waals surface area contributed by atoms with Gasteiger partial charge in [-0.1, -0.05) is 12.1 Å². The summed E-state index contributed by atoms with van der Waals surface area (Å²) in [4.78, 5) is 29.9. The highest BCUT2D eigenvalue weighted by Crippen LogP contribution is 2.33. The van der Waals surface area contributed by atoms with Gasteiger partial charge in [0, 0.05) is 61.7 Å². The van der Waals surface area contributed by atoms with Crippen molar-refractivity contribution >= 4 is 40.1 Å². The second-order valence-corrected chi connectivity index (χ2v) is 9.05. The first-order valence-corrected chi connectivity index (χ1v) is 11.6. The zero-order valence-corrected chi connectivity index (χ0v) is 21.7. The molecule has 0 aliphatic heterocycles. The molecule has 0 unspecified atom stereocenters. The number of nitrogens with one attached hydrogen (secondary N) is 1. The number of benzene rings is 2. The molecule has 2 aromatic carbocycles. The van der Waals surface area contributed by atoms with Crippen LogP contribution in [0.2, 0.25) is 0 Å². The number of rotatable bonds is 7. The lowest BCUT2D eigenvalue weighted by molar-refractivity contribution is -0.191. The Morgan fingerprint density at radius 1 is 1.06 bits per heavy atom. The molecule has 3 N–H and O–H groups in total. The Bertz CT molecular complexity index is 1390. The highest BCUT2D eigenvalue weighted by Gasteiger charge is 2.14. The van der Waals surface area contributed by atoms with Crippen LogP contribution < -0.4 is 16.0 Å². The summed E-state index contributed by atoms with van der Waals surface area (Å²) in [5, 5.41) is 4.59. The number of likely N-dealkylation sites (N-methyl/N-ethyl adjacent to an activating group) is 2. The van der Waals surface area contributed by atoms with Crippen LogP contribution in [-0.2, 0) is 16.6 Å². The Hall–Kier alpha value is -4.20. The van der Waals surface area contributed by atoms with Crippen molar-refractivity contribution in [3.05, 3.63) is 59.9 Å². The Balaban J connectivity index is 0.00000115. The van der Waals surface area contributed by atoms with Gasteiger partial charge in [0.25, 0.3) is 0 Å². The lowest BCUT2D eigenvalue weighted by Gasteiger charge is -2.24. The van der Waals surface area contributed by atoms with E-state index in [9.17, 15) is 0 Å². The van der Waals surface area contributed by atoms with Crippen molar-refractivity contribution in [3.8, 4) is 11.3 Å². The Kier molecular flexibility index (Phi) is 8.42. The van der Waals surface area contributed by atoms with Gasteiger partial charge in [-0.25, -0.2) is 9.97 Å². The molecule has 0 aliphatic carbocycles. The van der Waals surface area contributed by atoms with Crippen LogP contribution in [0.15, 0.2) is 48.8 Å². The number of nitrogens with two attached hydrogens (primary N) is 1. The molecule has 0 amide bonds. The van der Waals surface area contributed by atoms with Gasteiger partial charge < -0.3 is 25.4 Å². The first-order valence-electron chi connectivity index (χ1n) is 11.6. The second-order valence-electron chi connectivity index (χ2n) is 9.05. The van der Waals surface area contributed by atoms with Crippen molar-refractivity contribution < 1.29 is 9.59 Å². The van der Waals surface area contributed by atoms with Gasteiger partial charge in [0.05, 0.1) is 17.1 Å². The zero-order chi connectivity index (χ0) is 26.4. The van der Waals surface area contributed by atoms with Crippen molar-refractivity contribution in [1.29, 1.82) is 0 Å². The van der Waals surface area contributed by atoms with Gasteiger partial charge in [-0.3, -0.25) is 0 Å². The van der Waals surface area contributed by atoms with Crippen LogP contribution >= 0.6 is 0 Å². The molecule has 9 nitrogen and oxygen atoms in total. The zero-order valence-electron chi connectivity index (χ0n) is 21.7. The maximum absolute atomic E-state index is 8.12. The van der Waals surface area contributed by atoms with Crippen LogP contribution in [0.3, 0.4) is 0 Å². The van der Waals surface area contributed by atoms with E-state index in [1.54, 1.807) is 6.20 Å². The number of nitrogen functional groups attached to an aromatic ring is 1. The lowest BCUT2D eigenvalue weighted by Crippen LogP contribution is -2.29. The Morgan fingerprint density at radius 3 is 2.47 bits per heavy atom. The van der Waals surface area contributed by atoms with E-state index in [2.05, 4.69) is 97.2 Å². The SMILES string of the molecule is Cc1cc(N(C)CCN(C)C)c(N)cc1Nc1nccc(-c2cn(C)c3cccc(C)c23)n1.O=C=O. The molecule has 0 atom stereocenters. The molecule has 0 bridgehead atoms. The third-order valence-corrected chi connectivity index (χ3v) is 6.07. The third kappa shape index (κ3) is 5.89. The highest BCUT2D eigenvalue weighted by molar-refractivity contribution is 5.97. The normalized spacial score (nSPS) is 10.6. The van der Waals surface area contributed by atoms with E-state index in [4.69, 9.17) is 20.3 Å². The summed E-state index contributed by atoms with van der Waals surface area (Å²) >= 11 is 0. The number of nitrogens with zero attached hydrogens (tertiary/aromatic N) is 5. The first-order chi connectivity index (χ1) is 17.2. The van der Waals surface area contributed by atoms with Gasteiger partial charge in [-0.15, -0.1) is 0 Å². The summed E-state index contributed by atoms with van der Waals surface area (Å²) in [5.74, 6) is 0.550. The van der Waals surface area contributed by atoms with E-state index < -0.39 is 0 Å². The summed E-state index contributed by atoms with van der Waals surface area (Å²) < 4.78 is 2.14. The van der Waals surface area contributed by atoms with E-state index in [0.717, 1.165) is 47.0 Å². The molecule has 36 heavy (non-hydrogen) atoms. The fraction of sp³-hybridized carbons (Fsp3) is 0.296. The topological polar surface area (TPSA) is 109 Å². The molecule has 9 heteroatoms. The molecule has 0 saturated heterocycles. The fourth-order valence-electron chi connectivity index (χ4n) is 4.15. The Labute approximate surface area is 211 Å². The van der Waals surface area contributed by atoms with E-state index in [1.807, 2.05) is 12.1 Å². The number of hydrogen-bond acceptors (Lipinski definition) is 8. The van der Waals surface area contributed by atoms with Crippen molar-refractivity contribution in [2.24, 2.45) is 7.05 Å². The molecule has 0 aliphatic rings. The predicted octanol–water partition coefficient (Wildman–Crippen LogP) is 3.99. The quantitative estimate of drug-likeness (QED) is 0.377. The molecular formula is C27H33N7O2. The second kappa shape index (κ2) is 11.5. The minimum atomic E-state index is 0.250. The average Bonchev–Trinajstić information content (AvgIpc) is 3.18. The van der Waals surface area contributed by atoms with E-state index in [0.29, 0.717) is 5.95 Å². The van der Waals surface area contributed by atoms with Crippen LogP contribution in [0.4, 0.5) is 23.0 Å².